The standard InChI is InChI=1S/C16H26N2O/c1-11-9-15(19-4)12(2)13(3)16(11)18-8-6-14-5-7-17-10-14/h9,14,17-18H,5-8,10H2,1-4H3. The van der Waals surface area contributed by atoms with Crippen molar-refractivity contribution in [3.8, 4) is 5.75 Å². The molecule has 0 saturated carbocycles. The van der Waals surface area contributed by atoms with Crippen LogP contribution in [0.2, 0.25) is 0 Å². The predicted octanol–water partition coefficient (Wildman–Crippen LogP) is 3.03. The fraction of sp³-hybridized carbons (Fsp3) is 0.625. The molecule has 1 aliphatic rings. The Hall–Kier alpha value is -1.22. The van der Waals surface area contributed by atoms with Gasteiger partial charge in [0, 0.05) is 12.2 Å². The molecule has 1 atom stereocenters. The molecule has 0 radical (unpaired) electrons. The maximum Gasteiger partial charge on any atom is 0.122 e. The summed E-state index contributed by atoms with van der Waals surface area (Å²) in [5.74, 6) is 1.83. The number of hydrogen-bond acceptors (Lipinski definition) is 3. The number of ether oxygens (including phenoxy) is 1. The van der Waals surface area contributed by atoms with Gasteiger partial charge in [-0.25, -0.2) is 0 Å². The van der Waals surface area contributed by atoms with Crippen molar-refractivity contribution in [3.63, 3.8) is 0 Å². The van der Waals surface area contributed by atoms with E-state index in [4.69, 9.17) is 4.74 Å². The van der Waals surface area contributed by atoms with Gasteiger partial charge >= 0.3 is 0 Å². The number of nitrogens with one attached hydrogen (secondary N) is 2. The van der Waals surface area contributed by atoms with Crippen molar-refractivity contribution in [1.29, 1.82) is 0 Å². The van der Waals surface area contributed by atoms with Crippen LogP contribution >= 0.6 is 0 Å². The average Bonchev–Trinajstić information content (AvgIpc) is 2.91. The van der Waals surface area contributed by atoms with Crippen LogP contribution in [0.3, 0.4) is 0 Å². The van der Waals surface area contributed by atoms with Crippen LogP contribution in [0, 0.1) is 26.7 Å². The molecule has 1 aliphatic heterocycles. The van der Waals surface area contributed by atoms with Crippen LogP contribution in [0.1, 0.15) is 29.5 Å². The van der Waals surface area contributed by atoms with Crippen molar-refractivity contribution in [2.75, 3.05) is 32.1 Å². The molecule has 3 nitrogen and oxygen atoms in total. The molecule has 1 fully saturated rings. The van der Waals surface area contributed by atoms with Gasteiger partial charge in [0.15, 0.2) is 0 Å². The van der Waals surface area contributed by atoms with Gasteiger partial charge in [-0.05, 0) is 75.4 Å². The van der Waals surface area contributed by atoms with E-state index >= 15 is 0 Å². The number of hydrogen-bond donors (Lipinski definition) is 2. The molecule has 0 aliphatic carbocycles. The zero-order chi connectivity index (χ0) is 13.8. The van der Waals surface area contributed by atoms with Gasteiger partial charge in [-0.15, -0.1) is 0 Å². The van der Waals surface area contributed by atoms with Crippen LogP contribution in [0.15, 0.2) is 6.07 Å². The third kappa shape index (κ3) is 3.21. The highest BCUT2D eigenvalue weighted by Crippen LogP contribution is 2.31. The minimum atomic E-state index is 0.840. The summed E-state index contributed by atoms with van der Waals surface area (Å²) < 4.78 is 5.41. The summed E-state index contributed by atoms with van der Waals surface area (Å²) in [5.41, 5.74) is 5.09. The van der Waals surface area contributed by atoms with Gasteiger partial charge in [-0.2, -0.15) is 0 Å². The molecule has 0 amide bonds. The summed E-state index contributed by atoms with van der Waals surface area (Å²) in [6.07, 6.45) is 2.57. The summed E-state index contributed by atoms with van der Waals surface area (Å²) >= 11 is 0. The van der Waals surface area contributed by atoms with Gasteiger partial charge in [0.2, 0.25) is 0 Å². The van der Waals surface area contributed by atoms with Crippen molar-refractivity contribution < 1.29 is 4.74 Å². The summed E-state index contributed by atoms with van der Waals surface area (Å²) in [6.45, 7) is 9.86. The fourth-order valence-electron chi connectivity index (χ4n) is 2.89. The molecular weight excluding hydrogens is 236 g/mol. The van der Waals surface area contributed by atoms with Gasteiger partial charge in [0.25, 0.3) is 0 Å². The van der Waals surface area contributed by atoms with Gasteiger partial charge in [-0.3, -0.25) is 0 Å². The van der Waals surface area contributed by atoms with Crippen LogP contribution < -0.4 is 15.4 Å². The lowest BCUT2D eigenvalue weighted by molar-refractivity contribution is 0.411. The molecule has 0 aromatic heterocycles. The second-order valence-electron chi connectivity index (χ2n) is 5.60. The molecule has 1 aromatic carbocycles. The summed E-state index contributed by atoms with van der Waals surface area (Å²) in [6, 6.07) is 2.13. The number of aryl methyl sites for hydroxylation is 1. The van der Waals surface area contributed by atoms with Gasteiger partial charge in [0.05, 0.1) is 7.11 Å². The number of rotatable bonds is 5. The molecule has 1 aromatic rings. The lowest BCUT2D eigenvalue weighted by Crippen LogP contribution is -2.13. The zero-order valence-electron chi connectivity index (χ0n) is 12.6. The van der Waals surface area contributed by atoms with Crippen molar-refractivity contribution in [2.45, 2.75) is 33.6 Å². The smallest absolute Gasteiger partial charge is 0.122 e. The molecule has 1 saturated heterocycles. The Kier molecular flexibility index (Phi) is 4.70. The van der Waals surface area contributed by atoms with Crippen molar-refractivity contribution in [3.05, 3.63) is 22.8 Å². The number of methoxy groups -OCH3 is 1. The van der Waals surface area contributed by atoms with E-state index in [1.54, 1.807) is 7.11 Å². The minimum Gasteiger partial charge on any atom is -0.496 e. The van der Waals surface area contributed by atoms with E-state index in [2.05, 4.69) is 37.5 Å². The second-order valence-corrected chi connectivity index (χ2v) is 5.60. The highest BCUT2D eigenvalue weighted by Gasteiger charge is 2.15. The fourth-order valence-corrected chi connectivity index (χ4v) is 2.89. The maximum absolute atomic E-state index is 5.41. The second kappa shape index (κ2) is 6.29. The summed E-state index contributed by atoms with van der Waals surface area (Å²) in [7, 11) is 1.74. The Morgan fingerprint density at radius 3 is 2.74 bits per heavy atom. The Bertz CT molecular complexity index is 437. The predicted molar refractivity (Wildman–Crippen MR) is 81.3 cm³/mol. The maximum atomic E-state index is 5.41. The van der Waals surface area contributed by atoms with E-state index in [1.807, 2.05) is 0 Å². The average molecular weight is 262 g/mol. The van der Waals surface area contributed by atoms with E-state index < -0.39 is 0 Å². The molecular formula is C16H26N2O. The Morgan fingerprint density at radius 2 is 2.11 bits per heavy atom. The molecule has 3 heteroatoms. The van der Waals surface area contributed by atoms with E-state index in [-0.39, 0.29) is 0 Å². The minimum absolute atomic E-state index is 0.840. The van der Waals surface area contributed by atoms with Crippen LogP contribution in [-0.4, -0.2) is 26.7 Å². The molecule has 0 bridgehead atoms. The molecule has 1 heterocycles. The van der Waals surface area contributed by atoms with Gasteiger partial charge in [-0.1, -0.05) is 0 Å². The Balaban J connectivity index is 2.01. The zero-order valence-corrected chi connectivity index (χ0v) is 12.6. The van der Waals surface area contributed by atoms with E-state index in [1.165, 1.54) is 48.3 Å². The SMILES string of the molecule is COc1cc(C)c(NCCC2CCNC2)c(C)c1C. The largest absolute Gasteiger partial charge is 0.496 e. The van der Waals surface area contributed by atoms with E-state index in [0.29, 0.717) is 0 Å². The van der Waals surface area contributed by atoms with Crippen LogP contribution in [-0.2, 0) is 0 Å². The van der Waals surface area contributed by atoms with Crippen molar-refractivity contribution in [2.24, 2.45) is 5.92 Å². The van der Waals surface area contributed by atoms with Crippen LogP contribution in [0.5, 0.6) is 5.75 Å². The van der Waals surface area contributed by atoms with Gasteiger partial charge in [0.1, 0.15) is 5.75 Å². The first-order valence-electron chi connectivity index (χ1n) is 7.23. The van der Waals surface area contributed by atoms with E-state index in [0.717, 1.165) is 18.2 Å². The molecule has 106 valence electrons. The van der Waals surface area contributed by atoms with Crippen molar-refractivity contribution in [1.82, 2.24) is 5.32 Å². The third-order valence-corrected chi connectivity index (χ3v) is 4.29. The molecule has 1 unspecified atom stereocenters. The van der Waals surface area contributed by atoms with Gasteiger partial charge < -0.3 is 15.4 Å². The highest BCUT2D eigenvalue weighted by atomic mass is 16.5. The first-order chi connectivity index (χ1) is 9.13. The van der Waals surface area contributed by atoms with Crippen LogP contribution in [0.25, 0.3) is 0 Å². The molecule has 19 heavy (non-hydrogen) atoms. The summed E-state index contributed by atoms with van der Waals surface area (Å²) in [5, 5.41) is 7.04. The first kappa shape index (κ1) is 14.2. The monoisotopic (exact) mass is 262 g/mol. The molecule has 0 spiro atoms. The molecule has 2 N–H and O–H groups in total. The lowest BCUT2D eigenvalue weighted by atomic mass is 10.0. The normalized spacial score (nSPS) is 18.6. The van der Waals surface area contributed by atoms with Crippen molar-refractivity contribution >= 4 is 5.69 Å². The summed E-state index contributed by atoms with van der Waals surface area (Å²) in [4.78, 5) is 0. The number of anilines is 1. The van der Waals surface area contributed by atoms with Crippen LogP contribution in [0.4, 0.5) is 5.69 Å². The lowest BCUT2D eigenvalue weighted by Gasteiger charge is -2.18. The number of benzene rings is 1. The third-order valence-electron chi connectivity index (χ3n) is 4.29. The Morgan fingerprint density at radius 1 is 1.32 bits per heavy atom. The van der Waals surface area contributed by atoms with E-state index in [9.17, 15) is 0 Å². The molecule has 2 rings (SSSR count). The highest BCUT2D eigenvalue weighted by molar-refractivity contribution is 5.63. The Labute approximate surface area is 116 Å². The topological polar surface area (TPSA) is 33.3 Å². The quantitative estimate of drug-likeness (QED) is 0.855. The first-order valence-corrected chi connectivity index (χ1v) is 7.23.